The highest BCUT2D eigenvalue weighted by atomic mass is 16.5. The number of anilines is 2. The highest BCUT2D eigenvalue weighted by Crippen LogP contribution is 2.30. The summed E-state index contributed by atoms with van der Waals surface area (Å²) in [5.41, 5.74) is 0.897. The maximum absolute atomic E-state index is 12.5. The fraction of sp³-hybridized carbons (Fsp3) is 0.409. The van der Waals surface area contributed by atoms with Crippen LogP contribution in [0.15, 0.2) is 36.5 Å². The first kappa shape index (κ1) is 21.4. The van der Waals surface area contributed by atoms with Gasteiger partial charge >= 0.3 is 5.97 Å². The van der Waals surface area contributed by atoms with Crippen LogP contribution in [0.5, 0.6) is 11.5 Å². The summed E-state index contributed by atoms with van der Waals surface area (Å²) in [6.45, 7) is 6.06. The van der Waals surface area contributed by atoms with Crippen molar-refractivity contribution in [3.8, 4) is 11.5 Å². The number of hydrogen-bond donors (Lipinski definition) is 1. The molecule has 0 saturated carbocycles. The fourth-order valence-electron chi connectivity index (χ4n) is 3.27. The molecule has 0 atom stereocenters. The summed E-state index contributed by atoms with van der Waals surface area (Å²) in [6, 6.07) is 8.47. The molecule has 2 heterocycles. The van der Waals surface area contributed by atoms with Crippen LogP contribution >= 0.6 is 0 Å². The van der Waals surface area contributed by atoms with Gasteiger partial charge in [0.15, 0.2) is 18.1 Å². The molecule has 3 rings (SSSR count). The van der Waals surface area contributed by atoms with Gasteiger partial charge in [-0.2, -0.15) is 0 Å². The predicted octanol–water partition coefficient (Wildman–Crippen LogP) is 3.27. The van der Waals surface area contributed by atoms with E-state index in [9.17, 15) is 9.59 Å². The van der Waals surface area contributed by atoms with E-state index in [1.54, 1.807) is 36.5 Å². The largest absolute Gasteiger partial charge is 0.490 e. The number of nitrogens with one attached hydrogen (secondary N) is 1. The Balaban J connectivity index is 1.60. The van der Waals surface area contributed by atoms with Crippen molar-refractivity contribution in [2.24, 2.45) is 0 Å². The van der Waals surface area contributed by atoms with Gasteiger partial charge in [-0.1, -0.05) is 0 Å². The van der Waals surface area contributed by atoms with Gasteiger partial charge in [-0.3, -0.25) is 4.79 Å². The second kappa shape index (κ2) is 10.5. The number of pyridine rings is 1. The lowest BCUT2D eigenvalue weighted by atomic mass is 10.2. The molecule has 0 aliphatic carbocycles. The molecule has 8 heteroatoms. The number of hydrogen-bond acceptors (Lipinski definition) is 7. The molecule has 0 unspecified atom stereocenters. The summed E-state index contributed by atoms with van der Waals surface area (Å²) in [7, 11) is 0. The van der Waals surface area contributed by atoms with E-state index < -0.39 is 18.5 Å². The average Bonchev–Trinajstić information content (AvgIpc) is 3.29. The van der Waals surface area contributed by atoms with Gasteiger partial charge in [-0.15, -0.1) is 0 Å². The van der Waals surface area contributed by atoms with Crippen molar-refractivity contribution in [1.29, 1.82) is 0 Å². The summed E-state index contributed by atoms with van der Waals surface area (Å²) in [5, 5.41) is 2.71. The molecule has 0 spiro atoms. The van der Waals surface area contributed by atoms with Crippen molar-refractivity contribution in [3.63, 3.8) is 0 Å². The zero-order valence-electron chi connectivity index (χ0n) is 17.3. The molecular weight excluding hydrogens is 386 g/mol. The highest BCUT2D eigenvalue weighted by molar-refractivity contribution is 5.98. The van der Waals surface area contributed by atoms with Crippen molar-refractivity contribution in [2.75, 3.05) is 43.1 Å². The topological polar surface area (TPSA) is 90.0 Å². The van der Waals surface area contributed by atoms with Crippen LogP contribution in [0, 0.1) is 0 Å². The quantitative estimate of drug-likeness (QED) is 0.631. The van der Waals surface area contributed by atoms with Gasteiger partial charge in [-0.05, 0) is 51.0 Å². The highest BCUT2D eigenvalue weighted by Gasteiger charge is 2.22. The van der Waals surface area contributed by atoms with Gasteiger partial charge in [0.05, 0.1) is 13.2 Å². The maximum atomic E-state index is 12.5. The van der Waals surface area contributed by atoms with Crippen molar-refractivity contribution in [2.45, 2.75) is 26.7 Å². The lowest BCUT2D eigenvalue weighted by molar-refractivity contribution is -0.119. The van der Waals surface area contributed by atoms with E-state index in [0.29, 0.717) is 41.8 Å². The van der Waals surface area contributed by atoms with Gasteiger partial charge in [0.2, 0.25) is 0 Å². The molecule has 1 aromatic heterocycles. The third-order valence-corrected chi connectivity index (χ3v) is 4.57. The molecule has 8 nitrogen and oxygen atoms in total. The Hall–Kier alpha value is -3.29. The van der Waals surface area contributed by atoms with E-state index >= 15 is 0 Å². The normalized spacial score (nSPS) is 13.1. The van der Waals surface area contributed by atoms with Crippen molar-refractivity contribution >= 4 is 23.4 Å². The Kier molecular flexibility index (Phi) is 7.48. The van der Waals surface area contributed by atoms with E-state index in [1.165, 1.54) is 0 Å². The van der Waals surface area contributed by atoms with Crippen LogP contribution in [0.3, 0.4) is 0 Å². The van der Waals surface area contributed by atoms with E-state index in [1.807, 2.05) is 13.8 Å². The smallest absolute Gasteiger partial charge is 0.342 e. The van der Waals surface area contributed by atoms with Gasteiger partial charge in [0.25, 0.3) is 5.91 Å². The third kappa shape index (κ3) is 5.40. The fourth-order valence-corrected chi connectivity index (χ4v) is 3.27. The van der Waals surface area contributed by atoms with Crippen LogP contribution in [0.25, 0.3) is 0 Å². The van der Waals surface area contributed by atoms with Gasteiger partial charge in [0.1, 0.15) is 11.4 Å². The number of esters is 1. The summed E-state index contributed by atoms with van der Waals surface area (Å²) >= 11 is 0. The summed E-state index contributed by atoms with van der Waals surface area (Å²) in [5.74, 6) is 0.742. The number of benzene rings is 1. The lowest BCUT2D eigenvalue weighted by Crippen LogP contribution is -2.24. The molecule has 0 radical (unpaired) electrons. The Labute approximate surface area is 176 Å². The number of carbonyl (C=O) groups is 2. The molecule has 30 heavy (non-hydrogen) atoms. The van der Waals surface area contributed by atoms with Gasteiger partial charge in [-0.25, -0.2) is 9.78 Å². The number of aromatic nitrogens is 1. The van der Waals surface area contributed by atoms with Crippen LogP contribution in [0.1, 0.15) is 37.0 Å². The molecule has 160 valence electrons. The molecule has 0 bridgehead atoms. The summed E-state index contributed by atoms with van der Waals surface area (Å²) in [4.78, 5) is 31.2. The lowest BCUT2D eigenvalue weighted by Gasteiger charge is -2.18. The van der Waals surface area contributed by atoms with Crippen LogP contribution in [0.4, 0.5) is 11.5 Å². The molecule has 1 aliphatic rings. The number of ether oxygens (including phenoxy) is 3. The molecular formula is C22H27N3O5. The van der Waals surface area contributed by atoms with Crippen LogP contribution < -0.4 is 19.7 Å². The second-order valence-corrected chi connectivity index (χ2v) is 6.72. The van der Waals surface area contributed by atoms with Crippen LogP contribution in [0.2, 0.25) is 0 Å². The molecule has 1 aromatic carbocycles. The standard InChI is InChI=1S/C22H27N3O5/c1-3-28-18-10-9-16(14-19(18)29-4-2)24-20(26)15-30-22(27)17-8-7-11-23-21(17)25-12-5-6-13-25/h7-11,14H,3-6,12-13,15H2,1-2H3,(H,24,26). The minimum atomic E-state index is -0.568. The monoisotopic (exact) mass is 413 g/mol. The first-order valence-electron chi connectivity index (χ1n) is 10.2. The van der Waals surface area contributed by atoms with Crippen LogP contribution in [-0.4, -0.2) is 49.8 Å². The third-order valence-electron chi connectivity index (χ3n) is 4.57. The second-order valence-electron chi connectivity index (χ2n) is 6.72. The summed E-state index contributed by atoms with van der Waals surface area (Å²) in [6.07, 6.45) is 3.79. The summed E-state index contributed by atoms with van der Waals surface area (Å²) < 4.78 is 16.3. The zero-order valence-corrected chi connectivity index (χ0v) is 17.3. The Morgan fingerprint density at radius 2 is 1.80 bits per heavy atom. The Morgan fingerprint density at radius 3 is 2.53 bits per heavy atom. The molecule has 1 aliphatic heterocycles. The Morgan fingerprint density at radius 1 is 1.07 bits per heavy atom. The first-order valence-corrected chi connectivity index (χ1v) is 10.2. The van der Waals surface area contributed by atoms with E-state index in [-0.39, 0.29) is 0 Å². The number of nitrogens with zero attached hydrogens (tertiary/aromatic N) is 2. The number of rotatable bonds is 9. The van der Waals surface area contributed by atoms with E-state index in [2.05, 4.69) is 15.2 Å². The average molecular weight is 413 g/mol. The minimum absolute atomic E-state index is 0.367. The maximum Gasteiger partial charge on any atom is 0.342 e. The van der Waals surface area contributed by atoms with Crippen molar-refractivity contribution in [3.05, 3.63) is 42.1 Å². The van der Waals surface area contributed by atoms with Crippen molar-refractivity contribution < 1.29 is 23.8 Å². The zero-order chi connectivity index (χ0) is 21.3. The number of amides is 1. The van der Waals surface area contributed by atoms with Gasteiger partial charge < -0.3 is 24.4 Å². The predicted molar refractivity (Wildman–Crippen MR) is 113 cm³/mol. The van der Waals surface area contributed by atoms with E-state index in [4.69, 9.17) is 14.2 Å². The molecule has 1 amide bonds. The molecule has 1 N–H and O–H groups in total. The van der Waals surface area contributed by atoms with Gasteiger partial charge in [0, 0.05) is 31.0 Å². The number of carbonyl (C=O) groups excluding carboxylic acids is 2. The van der Waals surface area contributed by atoms with E-state index in [0.717, 1.165) is 25.9 Å². The Bertz CT molecular complexity index is 881. The first-order chi connectivity index (χ1) is 14.6. The minimum Gasteiger partial charge on any atom is -0.490 e. The van der Waals surface area contributed by atoms with Crippen molar-refractivity contribution in [1.82, 2.24) is 4.98 Å². The molecule has 1 saturated heterocycles. The molecule has 2 aromatic rings. The van der Waals surface area contributed by atoms with Crippen LogP contribution in [-0.2, 0) is 9.53 Å². The SMILES string of the molecule is CCOc1ccc(NC(=O)COC(=O)c2cccnc2N2CCCC2)cc1OCC. The molecule has 1 fully saturated rings.